The van der Waals surface area contributed by atoms with Crippen LogP contribution in [0.5, 0.6) is 0 Å². The normalized spacial score (nSPS) is 24.4. The Bertz CT molecular complexity index is 1120. The van der Waals surface area contributed by atoms with Gasteiger partial charge in [0.05, 0.1) is 11.5 Å². The van der Waals surface area contributed by atoms with Crippen molar-refractivity contribution in [2.45, 2.75) is 44.7 Å². The Balaban J connectivity index is 1.22. The van der Waals surface area contributed by atoms with Gasteiger partial charge in [0.25, 0.3) is 11.8 Å². The molecule has 0 atom stereocenters. The second-order valence-corrected chi connectivity index (χ2v) is 13.2. The molecule has 0 radical (unpaired) electrons. The Kier molecular flexibility index (Phi) is 6.07. The lowest BCUT2D eigenvalue weighted by Crippen LogP contribution is -2.53. The van der Waals surface area contributed by atoms with Crippen LogP contribution >= 0.6 is 10.6 Å². The molecule has 190 valence electrons. The minimum absolute atomic E-state index is 0.0586. The largest absolute Gasteiger partial charge is 0.336 e. The van der Waals surface area contributed by atoms with E-state index in [1.54, 1.807) is 4.90 Å². The Morgan fingerprint density at radius 1 is 0.857 bits per heavy atom. The standard InChI is InChI=1S/C26H36N4O4S/c31-25(28-10-8-27(9-11-28)22-2-1-3-22)20-6-7-23-21(16-20)17-24(30(23)18-19-4-5-19)26(32)29-12-14-35(33,34)15-13-29/h6-7,16-17,19,22,33-34H,1-5,8-15,18H2. The maximum atomic E-state index is 13.5. The van der Waals surface area contributed by atoms with Crippen molar-refractivity contribution in [3.05, 3.63) is 35.5 Å². The highest BCUT2D eigenvalue weighted by atomic mass is 32.3. The molecule has 6 rings (SSSR count). The molecule has 4 fully saturated rings. The van der Waals surface area contributed by atoms with E-state index in [0.29, 0.717) is 30.3 Å². The smallest absolute Gasteiger partial charge is 0.270 e. The van der Waals surface area contributed by atoms with E-state index >= 15 is 0 Å². The quantitative estimate of drug-likeness (QED) is 0.655. The predicted molar refractivity (Wildman–Crippen MR) is 138 cm³/mol. The zero-order valence-electron chi connectivity index (χ0n) is 20.3. The van der Waals surface area contributed by atoms with Gasteiger partial charge in [0.1, 0.15) is 5.69 Å². The van der Waals surface area contributed by atoms with Crippen molar-refractivity contribution in [1.29, 1.82) is 0 Å². The number of nitrogens with zero attached hydrogens (tertiary/aromatic N) is 4. The van der Waals surface area contributed by atoms with Crippen molar-refractivity contribution in [3.63, 3.8) is 0 Å². The van der Waals surface area contributed by atoms with Crippen LogP contribution in [0.4, 0.5) is 0 Å². The van der Waals surface area contributed by atoms with Gasteiger partial charge >= 0.3 is 0 Å². The number of hydrogen-bond acceptors (Lipinski definition) is 5. The average Bonchev–Trinajstić information content (AvgIpc) is 3.57. The fourth-order valence-corrected chi connectivity index (χ4v) is 6.88. The number of rotatable bonds is 5. The summed E-state index contributed by atoms with van der Waals surface area (Å²) < 4.78 is 22.0. The van der Waals surface area contributed by atoms with E-state index < -0.39 is 10.6 Å². The van der Waals surface area contributed by atoms with Gasteiger partial charge < -0.3 is 14.4 Å². The van der Waals surface area contributed by atoms with E-state index in [9.17, 15) is 18.7 Å². The molecule has 0 spiro atoms. The summed E-state index contributed by atoms with van der Waals surface area (Å²) in [6.07, 6.45) is 6.28. The van der Waals surface area contributed by atoms with Crippen molar-refractivity contribution < 1.29 is 18.7 Å². The summed E-state index contributed by atoms with van der Waals surface area (Å²) in [4.78, 5) is 33.0. The zero-order chi connectivity index (χ0) is 24.2. The van der Waals surface area contributed by atoms with Crippen molar-refractivity contribution in [1.82, 2.24) is 19.3 Å². The molecule has 2 aromatic rings. The number of amides is 2. The maximum Gasteiger partial charge on any atom is 0.270 e. The van der Waals surface area contributed by atoms with Crippen LogP contribution in [0.2, 0.25) is 0 Å². The van der Waals surface area contributed by atoms with Gasteiger partial charge in [-0.15, -0.1) is 0 Å². The summed E-state index contributed by atoms with van der Waals surface area (Å²) in [5.74, 6) is 1.10. The minimum Gasteiger partial charge on any atom is -0.336 e. The number of piperazine rings is 1. The molecule has 2 aliphatic carbocycles. The minimum atomic E-state index is -2.55. The van der Waals surface area contributed by atoms with E-state index in [4.69, 9.17) is 0 Å². The highest BCUT2D eigenvalue weighted by Gasteiger charge is 2.32. The number of fused-ring (bicyclic) bond motifs is 1. The Morgan fingerprint density at radius 3 is 2.17 bits per heavy atom. The van der Waals surface area contributed by atoms with Gasteiger partial charge in [0.2, 0.25) is 0 Å². The fraction of sp³-hybridized carbons (Fsp3) is 0.615. The molecule has 4 aliphatic rings. The molecular formula is C26H36N4O4S. The summed E-state index contributed by atoms with van der Waals surface area (Å²) in [5.41, 5.74) is 2.32. The van der Waals surface area contributed by atoms with Gasteiger partial charge in [-0.25, -0.2) is 0 Å². The number of aromatic nitrogens is 1. The van der Waals surface area contributed by atoms with Crippen LogP contribution in [0.25, 0.3) is 10.9 Å². The summed E-state index contributed by atoms with van der Waals surface area (Å²) in [7, 11) is -2.55. The highest BCUT2D eigenvalue weighted by molar-refractivity contribution is 8.24. The summed E-state index contributed by atoms with van der Waals surface area (Å²) in [6, 6.07) is 8.51. The van der Waals surface area contributed by atoms with Crippen molar-refractivity contribution in [3.8, 4) is 0 Å². The van der Waals surface area contributed by atoms with Crippen LogP contribution in [-0.4, -0.2) is 97.0 Å². The highest BCUT2D eigenvalue weighted by Crippen LogP contribution is 2.41. The van der Waals surface area contributed by atoms with Gasteiger partial charge in [0, 0.05) is 68.3 Å². The van der Waals surface area contributed by atoms with Gasteiger partial charge in [-0.3, -0.25) is 23.6 Å². The van der Waals surface area contributed by atoms with E-state index in [1.165, 1.54) is 32.1 Å². The van der Waals surface area contributed by atoms with Gasteiger partial charge in [-0.05, 0) is 55.9 Å². The summed E-state index contributed by atoms with van der Waals surface area (Å²) in [5, 5.41) is 0.925. The van der Waals surface area contributed by atoms with E-state index in [1.807, 2.05) is 29.2 Å². The molecular weight excluding hydrogens is 464 g/mol. The van der Waals surface area contributed by atoms with Crippen molar-refractivity contribution >= 4 is 33.3 Å². The van der Waals surface area contributed by atoms with Crippen LogP contribution < -0.4 is 0 Å². The fourth-order valence-electron chi connectivity index (χ4n) is 5.65. The Hall–Kier alpha value is -2.07. The van der Waals surface area contributed by atoms with Crippen LogP contribution in [-0.2, 0) is 6.54 Å². The zero-order valence-corrected chi connectivity index (χ0v) is 21.1. The van der Waals surface area contributed by atoms with Gasteiger partial charge in [-0.1, -0.05) is 6.42 Å². The first-order chi connectivity index (χ1) is 16.9. The molecule has 2 amide bonds. The van der Waals surface area contributed by atoms with Gasteiger partial charge in [0.15, 0.2) is 0 Å². The lowest BCUT2D eigenvalue weighted by molar-refractivity contribution is 0.0455. The molecule has 1 aromatic heterocycles. The van der Waals surface area contributed by atoms with E-state index in [2.05, 4.69) is 9.47 Å². The third-order valence-electron chi connectivity index (χ3n) is 8.36. The topological polar surface area (TPSA) is 89.2 Å². The summed E-state index contributed by atoms with van der Waals surface area (Å²) >= 11 is 0. The van der Waals surface area contributed by atoms with Crippen LogP contribution in [0.15, 0.2) is 24.3 Å². The maximum absolute atomic E-state index is 13.5. The molecule has 35 heavy (non-hydrogen) atoms. The Labute approximate surface area is 208 Å². The van der Waals surface area contributed by atoms with Crippen LogP contribution in [0.1, 0.15) is 53.0 Å². The molecule has 9 heteroatoms. The molecule has 2 saturated heterocycles. The SMILES string of the molecule is O=C(c1ccc2c(c1)cc(C(=O)N1CCS(O)(O)CC1)n2CC1CC1)N1CCN(C2CCC2)CC1. The number of carbonyl (C=O) groups is 2. The average molecular weight is 501 g/mol. The van der Waals surface area contributed by atoms with Gasteiger partial charge in [-0.2, -0.15) is 10.6 Å². The molecule has 8 nitrogen and oxygen atoms in total. The van der Waals surface area contributed by atoms with E-state index in [0.717, 1.165) is 49.7 Å². The Morgan fingerprint density at radius 2 is 1.54 bits per heavy atom. The van der Waals surface area contributed by atoms with Crippen molar-refractivity contribution in [2.75, 3.05) is 50.8 Å². The molecule has 0 bridgehead atoms. The third kappa shape index (κ3) is 4.71. The van der Waals surface area contributed by atoms with E-state index in [-0.39, 0.29) is 23.3 Å². The molecule has 0 unspecified atom stereocenters. The van der Waals surface area contributed by atoms with Crippen LogP contribution in [0.3, 0.4) is 0 Å². The first kappa shape index (κ1) is 23.3. The van der Waals surface area contributed by atoms with Crippen molar-refractivity contribution in [2.24, 2.45) is 5.92 Å². The second kappa shape index (κ2) is 9.10. The number of benzene rings is 1. The summed E-state index contributed by atoms with van der Waals surface area (Å²) in [6.45, 7) is 4.99. The third-order valence-corrected chi connectivity index (χ3v) is 10.0. The first-order valence-electron chi connectivity index (χ1n) is 13.1. The molecule has 2 aliphatic heterocycles. The lowest BCUT2D eigenvalue weighted by Gasteiger charge is -2.42. The molecule has 2 N–H and O–H groups in total. The second-order valence-electron chi connectivity index (χ2n) is 10.8. The first-order valence-corrected chi connectivity index (χ1v) is 15.0. The number of carbonyl (C=O) groups excluding carboxylic acids is 2. The monoisotopic (exact) mass is 500 g/mol. The number of hydrogen-bond donors (Lipinski definition) is 2. The molecule has 3 heterocycles. The molecule has 1 aromatic carbocycles. The lowest BCUT2D eigenvalue weighted by atomic mass is 9.91. The predicted octanol–water partition coefficient (Wildman–Crippen LogP) is 3.57. The molecule has 2 saturated carbocycles. The van der Waals surface area contributed by atoms with Crippen LogP contribution in [0, 0.1) is 5.92 Å².